The Morgan fingerprint density at radius 1 is 1.20 bits per heavy atom. The molecule has 0 aromatic carbocycles. The van der Waals surface area contributed by atoms with Crippen molar-refractivity contribution in [2.45, 2.75) is 19.3 Å². The number of methoxy groups -OCH3 is 1. The van der Waals surface area contributed by atoms with Crippen LogP contribution in [0.1, 0.15) is 19.3 Å². The number of nitrogens with zero attached hydrogens (tertiary/aromatic N) is 3. The van der Waals surface area contributed by atoms with Crippen molar-refractivity contribution in [3.63, 3.8) is 0 Å². The van der Waals surface area contributed by atoms with Gasteiger partial charge in [0.1, 0.15) is 5.82 Å². The van der Waals surface area contributed by atoms with E-state index in [1.165, 1.54) is 19.4 Å². The second-order valence-corrected chi connectivity index (χ2v) is 5.22. The van der Waals surface area contributed by atoms with Crippen LogP contribution in [0.4, 0.5) is 5.82 Å². The summed E-state index contributed by atoms with van der Waals surface area (Å²) >= 11 is 0. The molecule has 1 saturated heterocycles. The van der Waals surface area contributed by atoms with Gasteiger partial charge in [-0.3, -0.25) is 0 Å². The zero-order valence-corrected chi connectivity index (χ0v) is 12.4. The van der Waals surface area contributed by atoms with Gasteiger partial charge in [-0.1, -0.05) is 6.07 Å². The van der Waals surface area contributed by atoms with Crippen LogP contribution < -0.4 is 15.4 Å². The molecule has 5 nitrogen and oxygen atoms in total. The van der Waals surface area contributed by atoms with E-state index >= 15 is 0 Å². The van der Waals surface area contributed by atoms with Crippen molar-refractivity contribution in [3.05, 3.63) is 18.2 Å². The quantitative estimate of drug-likeness (QED) is 0.796. The summed E-state index contributed by atoms with van der Waals surface area (Å²) in [6.07, 6.45) is 3.51. The van der Waals surface area contributed by atoms with E-state index in [0.717, 1.165) is 45.0 Å². The molecule has 5 heteroatoms. The number of hydrogen-bond acceptors (Lipinski definition) is 5. The fraction of sp³-hybridized carbons (Fsp3) is 0.667. The molecule has 0 spiro atoms. The minimum Gasteiger partial charge on any atom is -0.481 e. The van der Waals surface area contributed by atoms with Gasteiger partial charge < -0.3 is 20.3 Å². The highest BCUT2D eigenvalue weighted by atomic mass is 16.5. The van der Waals surface area contributed by atoms with Gasteiger partial charge >= 0.3 is 0 Å². The summed E-state index contributed by atoms with van der Waals surface area (Å²) in [6.45, 7) is 6.33. The Labute approximate surface area is 121 Å². The highest BCUT2D eigenvalue weighted by Crippen LogP contribution is 2.17. The summed E-state index contributed by atoms with van der Waals surface area (Å²) in [7, 11) is 1.66. The lowest BCUT2D eigenvalue weighted by molar-refractivity contribution is 0.288. The first-order chi connectivity index (χ1) is 9.83. The van der Waals surface area contributed by atoms with E-state index in [1.807, 2.05) is 12.1 Å². The average molecular weight is 278 g/mol. The van der Waals surface area contributed by atoms with Gasteiger partial charge in [-0.05, 0) is 45.0 Å². The Balaban J connectivity index is 1.88. The van der Waals surface area contributed by atoms with Crippen LogP contribution in [0.25, 0.3) is 0 Å². The summed E-state index contributed by atoms with van der Waals surface area (Å²) in [5, 5.41) is 0. The Bertz CT molecular complexity index is 399. The average Bonchev–Trinajstić information content (AvgIpc) is 2.73. The van der Waals surface area contributed by atoms with Crippen molar-refractivity contribution < 1.29 is 4.74 Å². The topological polar surface area (TPSA) is 54.6 Å². The fourth-order valence-corrected chi connectivity index (χ4v) is 2.60. The lowest BCUT2D eigenvalue weighted by Crippen LogP contribution is -2.31. The first-order valence-corrected chi connectivity index (χ1v) is 7.52. The van der Waals surface area contributed by atoms with Crippen molar-refractivity contribution >= 4 is 5.82 Å². The maximum absolute atomic E-state index is 5.55. The highest BCUT2D eigenvalue weighted by Gasteiger charge is 2.15. The molecular weight excluding hydrogens is 252 g/mol. The Morgan fingerprint density at radius 2 is 2.10 bits per heavy atom. The van der Waals surface area contributed by atoms with Gasteiger partial charge in [0.15, 0.2) is 0 Å². The monoisotopic (exact) mass is 278 g/mol. The number of rotatable bonds is 6. The lowest BCUT2D eigenvalue weighted by atomic mass is 10.3. The maximum atomic E-state index is 5.55. The van der Waals surface area contributed by atoms with Gasteiger partial charge in [0, 0.05) is 25.7 Å². The van der Waals surface area contributed by atoms with E-state index in [0.29, 0.717) is 5.88 Å². The predicted molar refractivity (Wildman–Crippen MR) is 82.3 cm³/mol. The molecule has 0 amide bonds. The number of aromatic nitrogens is 1. The molecular formula is C15H26N4O. The molecule has 1 aromatic rings. The third-order valence-electron chi connectivity index (χ3n) is 3.76. The second kappa shape index (κ2) is 8.07. The predicted octanol–water partition coefficient (Wildman–Crippen LogP) is 1.34. The van der Waals surface area contributed by atoms with Gasteiger partial charge in [-0.15, -0.1) is 0 Å². The number of ether oxygens (including phenoxy) is 1. The number of hydrogen-bond donors (Lipinski definition) is 1. The normalized spacial score (nSPS) is 17.0. The highest BCUT2D eigenvalue weighted by molar-refractivity contribution is 5.40. The molecule has 0 atom stereocenters. The van der Waals surface area contributed by atoms with Gasteiger partial charge in [0.2, 0.25) is 5.88 Å². The Morgan fingerprint density at radius 3 is 2.90 bits per heavy atom. The lowest BCUT2D eigenvalue weighted by Gasteiger charge is -2.23. The van der Waals surface area contributed by atoms with Crippen molar-refractivity contribution in [1.29, 1.82) is 0 Å². The van der Waals surface area contributed by atoms with Crippen molar-refractivity contribution in [3.8, 4) is 5.88 Å². The first kappa shape index (κ1) is 15.1. The van der Waals surface area contributed by atoms with Crippen molar-refractivity contribution in [2.24, 2.45) is 5.73 Å². The number of unbranched alkanes of at least 4 members (excludes halogenated alkanes) is 1. The van der Waals surface area contributed by atoms with Crippen LogP contribution in [-0.2, 0) is 0 Å². The number of nitrogens with two attached hydrogens (primary N) is 1. The number of pyridine rings is 1. The zero-order chi connectivity index (χ0) is 14.2. The van der Waals surface area contributed by atoms with E-state index in [2.05, 4.69) is 20.9 Å². The van der Waals surface area contributed by atoms with Crippen LogP contribution in [0.2, 0.25) is 0 Å². The van der Waals surface area contributed by atoms with Gasteiger partial charge in [0.05, 0.1) is 7.11 Å². The summed E-state index contributed by atoms with van der Waals surface area (Å²) in [5.41, 5.74) is 5.55. The van der Waals surface area contributed by atoms with Crippen LogP contribution in [0.15, 0.2) is 18.2 Å². The molecule has 1 fully saturated rings. The van der Waals surface area contributed by atoms with E-state index in [9.17, 15) is 0 Å². The van der Waals surface area contributed by atoms with Gasteiger partial charge in [0.25, 0.3) is 0 Å². The zero-order valence-electron chi connectivity index (χ0n) is 12.4. The molecule has 0 aliphatic carbocycles. The van der Waals surface area contributed by atoms with Crippen LogP contribution in [0.3, 0.4) is 0 Å². The summed E-state index contributed by atoms with van der Waals surface area (Å²) in [5.74, 6) is 1.71. The van der Waals surface area contributed by atoms with Crippen molar-refractivity contribution in [1.82, 2.24) is 9.88 Å². The third-order valence-corrected chi connectivity index (χ3v) is 3.76. The largest absolute Gasteiger partial charge is 0.481 e. The van der Waals surface area contributed by atoms with E-state index < -0.39 is 0 Å². The summed E-state index contributed by atoms with van der Waals surface area (Å²) in [4.78, 5) is 9.42. The van der Waals surface area contributed by atoms with Gasteiger partial charge in [-0.2, -0.15) is 4.98 Å². The second-order valence-electron chi connectivity index (χ2n) is 5.22. The van der Waals surface area contributed by atoms with E-state index in [4.69, 9.17) is 10.5 Å². The molecule has 0 radical (unpaired) electrons. The molecule has 1 aliphatic heterocycles. The van der Waals surface area contributed by atoms with Crippen molar-refractivity contribution in [2.75, 3.05) is 51.3 Å². The number of anilines is 1. The Hall–Kier alpha value is -1.33. The van der Waals surface area contributed by atoms with Crippen LogP contribution in [0.5, 0.6) is 5.88 Å². The molecule has 0 bridgehead atoms. The molecule has 0 unspecified atom stereocenters. The molecule has 0 saturated carbocycles. The van der Waals surface area contributed by atoms with E-state index in [-0.39, 0.29) is 0 Å². The molecule has 1 aromatic heterocycles. The summed E-state index contributed by atoms with van der Waals surface area (Å²) in [6, 6.07) is 5.96. The van der Waals surface area contributed by atoms with Crippen LogP contribution in [0, 0.1) is 0 Å². The minimum absolute atomic E-state index is 0.687. The minimum atomic E-state index is 0.687. The standard InChI is InChI=1S/C15H26N4O/c1-20-15-7-4-6-14(17-15)19-11-5-10-18(12-13-19)9-3-2-8-16/h4,6-7H,2-3,5,8-13,16H2,1H3. The molecule has 2 N–H and O–H groups in total. The molecule has 1 aliphatic rings. The SMILES string of the molecule is COc1cccc(N2CCCN(CCCCN)CC2)n1. The van der Waals surface area contributed by atoms with Crippen LogP contribution >= 0.6 is 0 Å². The third kappa shape index (κ3) is 4.35. The molecule has 2 rings (SSSR count). The first-order valence-electron chi connectivity index (χ1n) is 7.52. The smallest absolute Gasteiger partial charge is 0.214 e. The molecule has 2 heterocycles. The maximum Gasteiger partial charge on any atom is 0.214 e. The fourth-order valence-electron chi connectivity index (χ4n) is 2.60. The Kier molecular flexibility index (Phi) is 6.08. The summed E-state index contributed by atoms with van der Waals surface area (Å²) < 4.78 is 5.20. The van der Waals surface area contributed by atoms with E-state index in [1.54, 1.807) is 7.11 Å². The van der Waals surface area contributed by atoms with Gasteiger partial charge in [-0.25, -0.2) is 0 Å². The molecule has 112 valence electrons. The van der Waals surface area contributed by atoms with Crippen LogP contribution in [-0.4, -0.2) is 56.3 Å². The molecule has 20 heavy (non-hydrogen) atoms.